The van der Waals surface area contributed by atoms with E-state index in [0.29, 0.717) is 5.25 Å². The SMILES string of the molecule is c1ccc(C2Sc3ccccc3-c3nnsc32)cc1. The number of nitrogens with zero attached hydrogens (tertiary/aromatic N) is 2. The smallest absolute Gasteiger partial charge is 0.111 e. The zero-order valence-electron chi connectivity index (χ0n) is 9.98. The molecule has 19 heavy (non-hydrogen) atoms. The van der Waals surface area contributed by atoms with E-state index in [1.807, 2.05) is 11.8 Å². The van der Waals surface area contributed by atoms with Crippen molar-refractivity contribution in [2.75, 3.05) is 0 Å². The van der Waals surface area contributed by atoms with Crippen LogP contribution in [0, 0.1) is 0 Å². The van der Waals surface area contributed by atoms with Crippen molar-refractivity contribution in [3.63, 3.8) is 0 Å². The Labute approximate surface area is 119 Å². The van der Waals surface area contributed by atoms with Gasteiger partial charge in [-0.25, -0.2) is 0 Å². The van der Waals surface area contributed by atoms with Gasteiger partial charge >= 0.3 is 0 Å². The summed E-state index contributed by atoms with van der Waals surface area (Å²) in [5.74, 6) is 0. The molecular formula is C15H10N2S2. The van der Waals surface area contributed by atoms with Crippen LogP contribution in [0.1, 0.15) is 15.7 Å². The van der Waals surface area contributed by atoms with Gasteiger partial charge in [-0.15, -0.1) is 16.9 Å². The largest absolute Gasteiger partial charge is 0.138 e. The Morgan fingerprint density at radius 2 is 1.68 bits per heavy atom. The quantitative estimate of drug-likeness (QED) is 0.661. The molecule has 1 unspecified atom stereocenters. The molecule has 4 heteroatoms. The Morgan fingerprint density at radius 3 is 2.58 bits per heavy atom. The molecule has 0 fully saturated rings. The van der Waals surface area contributed by atoms with E-state index in [1.54, 1.807) is 0 Å². The van der Waals surface area contributed by atoms with E-state index in [-0.39, 0.29) is 0 Å². The molecule has 0 saturated carbocycles. The first-order chi connectivity index (χ1) is 9.43. The van der Waals surface area contributed by atoms with Gasteiger partial charge in [-0.2, -0.15) is 0 Å². The maximum atomic E-state index is 4.33. The molecule has 0 spiro atoms. The van der Waals surface area contributed by atoms with Crippen LogP contribution in [-0.2, 0) is 0 Å². The van der Waals surface area contributed by atoms with Gasteiger partial charge in [0.05, 0.1) is 10.1 Å². The molecule has 4 rings (SSSR count). The fraction of sp³-hybridized carbons (Fsp3) is 0.0667. The van der Waals surface area contributed by atoms with Gasteiger partial charge in [-0.1, -0.05) is 53.0 Å². The highest BCUT2D eigenvalue weighted by Crippen LogP contribution is 2.51. The Hall–Kier alpha value is -1.65. The molecule has 0 bridgehead atoms. The zero-order chi connectivity index (χ0) is 12.7. The summed E-state index contributed by atoms with van der Waals surface area (Å²) in [5.41, 5.74) is 3.57. The molecule has 2 aromatic carbocycles. The minimum absolute atomic E-state index is 0.311. The molecular weight excluding hydrogens is 272 g/mol. The summed E-state index contributed by atoms with van der Waals surface area (Å²) < 4.78 is 4.16. The fourth-order valence-electron chi connectivity index (χ4n) is 2.35. The average molecular weight is 282 g/mol. The van der Waals surface area contributed by atoms with Gasteiger partial charge < -0.3 is 0 Å². The maximum absolute atomic E-state index is 4.33. The van der Waals surface area contributed by atoms with Crippen molar-refractivity contribution in [3.05, 3.63) is 65.0 Å². The first kappa shape index (κ1) is 11.2. The lowest BCUT2D eigenvalue weighted by atomic mass is 10.1. The molecule has 1 aliphatic rings. The van der Waals surface area contributed by atoms with Crippen LogP contribution in [-0.4, -0.2) is 9.59 Å². The van der Waals surface area contributed by atoms with E-state index in [4.69, 9.17) is 0 Å². The van der Waals surface area contributed by atoms with Crippen LogP contribution in [0.25, 0.3) is 11.3 Å². The molecule has 0 radical (unpaired) electrons. The Morgan fingerprint density at radius 1 is 0.895 bits per heavy atom. The average Bonchev–Trinajstić information content (AvgIpc) is 2.97. The van der Waals surface area contributed by atoms with Crippen molar-refractivity contribution in [3.8, 4) is 11.3 Å². The molecule has 2 nitrogen and oxygen atoms in total. The second-order valence-electron chi connectivity index (χ2n) is 4.39. The Kier molecular flexibility index (Phi) is 2.64. The third-order valence-electron chi connectivity index (χ3n) is 3.24. The maximum Gasteiger partial charge on any atom is 0.111 e. The predicted octanol–water partition coefficient (Wildman–Crippen LogP) is 4.40. The van der Waals surface area contributed by atoms with E-state index in [9.17, 15) is 0 Å². The van der Waals surface area contributed by atoms with E-state index in [2.05, 4.69) is 64.2 Å². The highest BCUT2D eigenvalue weighted by atomic mass is 32.2. The fourth-order valence-corrected chi connectivity index (χ4v) is 4.52. The Bertz CT molecular complexity index is 722. The van der Waals surface area contributed by atoms with Crippen molar-refractivity contribution in [1.82, 2.24) is 9.59 Å². The van der Waals surface area contributed by atoms with Crippen molar-refractivity contribution in [2.24, 2.45) is 0 Å². The highest BCUT2D eigenvalue weighted by Gasteiger charge is 2.29. The van der Waals surface area contributed by atoms with Gasteiger partial charge in [0.25, 0.3) is 0 Å². The van der Waals surface area contributed by atoms with Gasteiger partial charge in [-0.05, 0) is 23.2 Å². The molecule has 0 aliphatic carbocycles. The second kappa shape index (κ2) is 4.47. The summed E-state index contributed by atoms with van der Waals surface area (Å²) in [6.07, 6.45) is 0. The lowest BCUT2D eigenvalue weighted by Gasteiger charge is -2.22. The molecule has 1 atom stereocenters. The number of thioether (sulfide) groups is 1. The monoisotopic (exact) mass is 282 g/mol. The first-order valence-corrected chi connectivity index (χ1v) is 7.72. The van der Waals surface area contributed by atoms with Crippen LogP contribution in [0.15, 0.2) is 59.5 Å². The van der Waals surface area contributed by atoms with Gasteiger partial charge in [-0.3, -0.25) is 0 Å². The van der Waals surface area contributed by atoms with Crippen molar-refractivity contribution >= 4 is 23.3 Å². The highest BCUT2D eigenvalue weighted by molar-refractivity contribution is 8.00. The molecule has 3 aromatic rings. The topological polar surface area (TPSA) is 25.8 Å². The van der Waals surface area contributed by atoms with E-state index in [0.717, 1.165) is 5.69 Å². The second-order valence-corrected chi connectivity index (χ2v) is 6.32. The third-order valence-corrected chi connectivity index (χ3v) is 5.53. The third kappa shape index (κ3) is 1.79. The summed E-state index contributed by atoms with van der Waals surface area (Å²) in [4.78, 5) is 2.55. The van der Waals surface area contributed by atoms with E-state index >= 15 is 0 Å². The standard InChI is InChI=1S/C15H10N2S2/c1-2-6-10(7-3-1)14-15-13(16-17-19-15)11-8-4-5-9-12(11)18-14/h1-9,14H. The van der Waals surface area contributed by atoms with Crippen LogP contribution in [0.5, 0.6) is 0 Å². The molecule has 0 saturated heterocycles. The van der Waals surface area contributed by atoms with Gasteiger partial charge in [0, 0.05) is 10.5 Å². The van der Waals surface area contributed by atoms with Crippen LogP contribution < -0.4 is 0 Å². The summed E-state index contributed by atoms with van der Waals surface area (Å²) in [6.45, 7) is 0. The van der Waals surface area contributed by atoms with Gasteiger partial charge in [0.15, 0.2) is 0 Å². The predicted molar refractivity (Wildman–Crippen MR) is 79.5 cm³/mol. The molecule has 2 heterocycles. The minimum atomic E-state index is 0.311. The summed E-state index contributed by atoms with van der Waals surface area (Å²) in [6, 6.07) is 19.0. The molecule has 92 valence electrons. The lowest BCUT2D eigenvalue weighted by Crippen LogP contribution is -2.02. The molecule has 0 N–H and O–H groups in total. The molecule has 1 aromatic heterocycles. The zero-order valence-corrected chi connectivity index (χ0v) is 11.6. The number of hydrogen-bond donors (Lipinski definition) is 0. The number of rotatable bonds is 1. The summed E-state index contributed by atoms with van der Waals surface area (Å²) in [7, 11) is 0. The molecule has 1 aliphatic heterocycles. The number of aromatic nitrogens is 2. The van der Waals surface area contributed by atoms with Crippen molar-refractivity contribution < 1.29 is 0 Å². The lowest BCUT2D eigenvalue weighted by molar-refractivity contribution is 1.10. The summed E-state index contributed by atoms with van der Waals surface area (Å²) >= 11 is 3.40. The Balaban J connectivity index is 1.91. The van der Waals surface area contributed by atoms with Crippen molar-refractivity contribution in [2.45, 2.75) is 10.1 Å². The summed E-state index contributed by atoms with van der Waals surface area (Å²) in [5, 5.41) is 4.64. The van der Waals surface area contributed by atoms with Crippen molar-refractivity contribution in [1.29, 1.82) is 0 Å². The van der Waals surface area contributed by atoms with Gasteiger partial charge in [0.1, 0.15) is 5.69 Å². The van der Waals surface area contributed by atoms with Crippen LogP contribution in [0.2, 0.25) is 0 Å². The minimum Gasteiger partial charge on any atom is -0.138 e. The van der Waals surface area contributed by atoms with Crippen LogP contribution in [0.4, 0.5) is 0 Å². The van der Waals surface area contributed by atoms with Crippen LogP contribution in [0.3, 0.4) is 0 Å². The number of hydrogen-bond acceptors (Lipinski definition) is 4. The number of benzene rings is 2. The van der Waals surface area contributed by atoms with E-state index < -0.39 is 0 Å². The van der Waals surface area contributed by atoms with Crippen LogP contribution >= 0.6 is 23.3 Å². The van der Waals surface area contributed by atoms with E-state index in [1.165, 1.54) is 32.4 Å². The number of fused-ring (bicyclic) bond motifs is 3. The molecule has 0 amide bonds. The van der Waals surface area contributed by atoms with Gasteiger partial charge in [0.2, 0.25) is 0 Å². The normalized spacial score (nSPS) is 16.7. The first-order valence-electron chi connectivity index (χ1n) is 6.07.